The second-order valence-electron chi connectivity index (χ2n) is 8.17. The van der Waals surface area contributed by atoms with E-state index >= 15 is 0 Å². The van der Waals surface area contributed by atoms with E-state index in [1.165, 1.54) is 6.08 Å². The Morgan fingerprint density at radius 3 is 2.76 bits per heavy atom. The first-order valence-electron chi connectivity index (χ1n) is 11.2. The predicted octanol–water partition coefficient (Wildman–Crippen LogP) is 1.78. The van der Waals surface area contributed by atoms with E-state index in [4.69, 9.17) is 9.47 Å². The fourth-order valence-electron chi connectivity index (χ4n) is 4.11. The molecule has 4 unspecified atom stereocenters. The van der Waals surface area contributed by atoms with E-state index < -0.39 is 6.23 Å². The Labute approximate surface area is 199 Å². The average Bonchev–Trinajstić information content (AvgIpc) is 3.09. The minimum atomic E-state index is -0.873. The summed E-state index contributed by atoms with van der Waals surface area (Å²) >= 11 is 0. The summed E-state index contributed by atoms with van der Waals surface area (Å²) in [7, 11) is 3.45. The van der Waals surface area contributed by atoms with Crippen molar-refractivity contribution >= 4 is 23.1 Å². The zero-order valence-electron chi connectivity index (χ0n) is 19.4. The quantitative estimate of drug-likeness (QED) is 0.204. The molecule has 182 valence electrons. The fraction of sp³-hybridized carbons (Fsp3) is 0.375. The molecule has 0 bridgehead atoms. The van der Waals surface area contributed by atoms with E-state index in [-0.39, 0.29) is 24.5 Å². The molecule has 5 N–H and O–H groups in total. The molecule has 0 aromatic heterocycles. The van der Waals surface area contributed by atoms with Crippen molar-refractivity contribution in [3.05, 3.63) is 61.2 Å². The number of hydrogen-bond acceptors (Lipinski definition) is 8. The zero-order chi connectivity index (χ0) is 24.1. The molecule has 2 saturated heterocycles. The molecule has 10 nitrogen and oxygen atoms in total. The summed E-state index contributed by atoms with van der Waals surface area (Å²) in [4.78, 5) is 16.6. The van der Waals surface area contributed by atoms with Gasteiger partial charge in [0.25, 0.3) is 0 Å². The number of aliphatic hydroxyl groups is 1. The summed E-state index contributed by atoms with van der Waals surface area (Å²) in [6.07, 6.45) is 0.0439. The van der Waals surface area contributed by atoms with Crippen LogP contribution in [-0.4, -0.2) is 74.7 Å². The second-order valence-corrected chi connectivity index (χ2v) is 8.17. The molecule has 2 amide bonds. The van der Waals surface area contributed by atoms with Gasteiger partial charge in [0.1, 0.15) is 31.0 Å². The van der Waals surface area contributed by atoms with Gasteiger partial charge in [0.2, 0.25) is 0 Å². The van der Waals surface area contributed by atoms with E-state index in [9.17, 15) is 9.90 Å². The van der Waals surface area contributed by atoms with Crippen molar-refractivity contribution in [3.63, 3.8) is 0 Å². The van der Waals surface area contributed by atoms with Crippen molar-refractivity contribution in [2.75, 3.05) is 49.4 Å². The van der Waals surface area contributed by atoms with Crippen molar-refractivity contribution in [2.45, 2.75) is 24.7 Å². The van der Waals surface area contributed by atoms with E-state index in [0.29, 0.717) is 25.4 Å². The molecule has 2 aromatic carbocycles. The van der Waals surface area contributed by atoms with Gasteiger partial charge in [-0.3, -0.25) is 15.5 Å². The van der Waals surface area contributed by atoms with Gasteiger partial charge in [-0.15, -0.1) is 0 Å². The monoisotopic (exact) mass is 468 g/mol. The predicted molar refractivity (Wildman–Crippen MR) is 132 cm³/mol. The van der Waals surface area contributed by atoms with Crippen molar-refractivity contribution in [1.29, 1.82) is 0 Å². The van der Waals surface area contributed by atoms with Crippen LogP contribution in [0.2, 0.25) is 0 Å². The number of likely N-dealkylation sites (N-methyl/N-ethyl adjacent to an activating group) is 1. The maximum atomic E-state index is 13.1. The topological polar surface area (TPSA) is 110 Å². The van der Waals surface area contributed by atoms with Gasteiger partial charge < -0.3 is 30.1 Å². The molecule has 4 atom stereocenters. The molecule has 2 heterocycles. The number of carbonyl (C=O) groups excluding carboxylic acids is 1. The first kappa shape index (κ1) is 23.8. The third-order valence-electron chi connectivity index (χ3n) is 5.90. The third kappa shape index (κ3) is 5.26. The lowest BCUT2D eigenvalue weighted by Gasteiger charge is -2.38. The van der Waals surface area contributed by atoms with Gasteiger partial charge in [-0.25, -0.2) is 4.79 Å². The number of aliphatic hydroxyl groups excluding tert-OH is 1. The van der Waals surface area contributed by atoms with E-state index in [0.717, 1.165) is 17.1 Å². The SMILES string of the molecule is C=CC(O)Nc1cccc(N2C(=O)N(C)C3CNC(Nc4ccc(OCCOC)cc4)NC32)c1. The van der Waals surface area contributed by atoms with E-state index in [1.54, 1.807) is 16.9 Å². The molecule has 10 heteroatoms. The number of urea groups is 1. The Morgan fingerprint density at radius 1 is 1.24 bits per heavy atom. The number of methoxy groups -OCH3 is 1. The highest BCUT2D eigenvalue weighted by Gasteiger charge is 2.47. The van der Waals surface area contributed by atoms with Crippen LogP contribution >= 0.6 is 0 Å². The normalized spacial score (nSPS) is 22.8. The zero-order valence-corrected chi connectivity index (χ0v) is 19.4. The van der Waals surface area contributed by atoms with Crippen molar-refractivity contribution in [1.82, 2.24) is 15.5 Å². The number of ether oxygens (including phenoxy) is 2. The van der Waals surface area contributed by atoms with Crippen LogP contribution in [0, 0.1) is 0 Å². The Morgan fingerprint density at radius 2 is 2.03 bits per heavy atom. The Balaban J connectivity index is 1.45. The lowest BCUT2D eigenvalue weighted by molar-refractivity contribution is 0.146. The summed E-state index contributed by atoms with van der Waals surface area (Å²) in [5.41, 5.74) is 2.34. The molecule has 0 saturated carbocycles. The lowest BCUT2D eigenvalue weighted by atomic mass is 10.1. The summed E-state index contributed by atoms with van der Waals surface area (Å²) in [5.74, 6) is 0.775. The molecule has 0 aliphatic carbocycles. The molecule has 2 aromatic rings. The first-order valence-corrected chi connectivity index (χ1v) is 11.2. The smallest absolute Gasteiger partial charge is 0.326 e. The minimum absolute atomic E-state index is 0.0440. The van der Waals surface area contributed by atoms with Gasteiger partial charge in [-0.1, -0.05) is 12.6 Å². The molecule has 2 fully saturated rings. The van der Waals surface area contributed by atoms with Crippen LogP contribution in [0.4, 0.5) is 21.9 Å². The number of nitrogens with zero attached hydrogens (tertiary/aromatic N) is 2. The Bertz CT molecular complexity index is 988. The average molecular weight is 469 g/mol. The highest BCUT2D eigenvalue weighted by atomic mass is 16.5. The standard InChI is InChI=1S/C24H32N6O4/c1-4-21(31)26-17-6-5-7-18(14-17)30-22-20(29(2)24(30)32)15-25-23(28-22)27-16-8-10-19(11-9-16)34-13-12-33-3/h4-11,14,20-23,25-28,31H,1,12-13,15H2,2-3H3. The van der Waals surface area contributed by atoms with Crippen molar-refractivity contribution in [3.8, 4) is 5.75 Å². The Hall–Kier alpha value is -3.31. The maximum Gasteiger partial charge on any atom is 0.326 e. The van der Waals surface area contributed by atoms with Gasteiger partial charge in [0.05, 0.1) is 12.6 Å². The molecular formula is C24H32N6O4. The Kier molecular flexibility index (Phi) is 7.53. The van der Waals surface area contributed by atoms with Crippen molar-refractivity contribution < 1.29 is 19.4 Å². The maximum absolute atomic E-state index is 13.1. The van der Waals surface area contributed by atoms with Gasteiger partial charge in [0, 0.05) is 37.8 Å². The van der Waals surface area contributed by atoms with Crippen LogP contribution in [0.25, 0.3) is 0 Å². The fourth-order valence-corrected chi connectivity index (χ4v) is 4.11. The highest BCUT2D eigenvalue weighted by molar-refractivity contribution is 5.96. The number of carbonyl (C=O) groups is 1. The molecule has 0 spiro atoms. The van der Waals surface area contributed by atoms with E-state index in [1.807, 2.05) is 55.6 Å². The molecule has 4 rings (SSSR count). The first-order chi connectivity index (χ1) is 16.5. The van der Waals surface area contributed by atoms with Crippen LogP contribution in [0.15, 0.2) is 61.2 Å². The summed E-state index contributed by atoms with van der Waals surface area (Å²) < 4.78 is 10.6. The van der Waals surface area contributed by atoms with Gasteiger partial charge in [-0.05, 0) is 48.5 Å². The van der Waals surface area contributed by atoms with Crippen LogP contribution in [0.1, 0.15) is 0 Å². The number of amides is 2. The van der Waals surface area contributed by atoms with Gasteiger partial charge >= 0.3 is 6.03 Å². The van der Waals surface area contributed by atoms with Gasteiger partial charge in [-0.2, -0.15) is 0 Å². The third-order valence-corrected chi connectivity index (χ3v) is 5.90. The molecule has 2 aliphatic rings. The van der Waals surface area contributed by atoms with Crippen LogP contribution in [-0.2, 0) is 4.74 Å². The summed E-state index contributed by atoms with van der Waals surface area (Å²) in [6, 6.07) is 15.0. The highest BCUT2D eigenvalue weighted by Crippen LogP contribution is 2.30. The van der Waals surface area contributed by atoms with Crippen molar-refractivity contribution in [2.24, 2.45) is 0 Å². The van der Waals surface area contributed by atoms with Crippen LogP contribution in [0.3, 0.4) is 0 Å². The number of rotatable bonds is 10. The number of anilines is 3. The largest absolute Gasteiger partial charge is 0.491 e. The second kappa shape index (κ2) is 10.7. The number of fused-ring (bicyclic) bond motifs is 1. The molecule has 0 radical (unpaired) electrons. The lowest BCUT2D eigenvalue weighted by Crippen LogP contribution is -2.66. The summed E-state index contributed by atoms with van der Waals surface area (Å²) in [5, 5.41) is 23.1. The molecular weight excluding hydrogens is 436 g/mol. The number of hydrogen-bond donors (Lipinski definition) is 5. The van der Waals surface area contributed by atoms with Gasteiger partial charge in [0.15, 0.2) is 0 Å². The van der Waals surface area contributed by atoms with Crippen LogP contribution < -0.4 is 30.9 Å². The number of nitrogens with one attached hydrogen (secondary N) is 4. The van der Waals surface area contributed by atoms with Crippen LogP contribution in [0.5, 0.6) is 5.75 Å². The van der Waals surface area contributed by atoms with E-state index in [2.05, 4.69) is 27.8 Å². The summed E-state index contributed by atoms with van der Waals surface area (Å²) in [6.45, 7) is 5.24. The number of benzene rings is 2. The minimum Gasteiger partial charge on any atom is -0.491 e. The molecule has 34 heavy (non-hydrogen) atoms. The molecule has 2 aliphatic heterocycles.